The van der Waals surface area contributed by atoms with Gasteiger partial charge < -0.3 is 10.4 Å². The Kier molecular flexibility index (Phi) is 3.81. The van der Waals surface area contributed by atoms with Crippen molar-refractivity contribution >= 4 is 0 Å². The molecule has 2 atom stereocenters. The number of nitrogens with zero attached hydrogens (tertiary/aromatic N) is 1. The van der Waals surface area contributed by atoms with Crippen LogP contribution in [0.15, 0.2) is 0 Å². The first kappa shape index (κ1) is 13.3. The minimum absolute atomic E-state index is 0.00610. The van der Waals surface area contributed by atoms with Crippen LogP contribution in [0.4, 0.5) is 0 Å². The molecule has 0 aromatic carbocycles. The summed E-state index contributed by atoms with van der Waals surface area (Å²) >= 11 is 0. The monoisotopic (exact) mass is 240 g/mol. The second-order valence-corrected chi connectivity index (χ2v) is 6.75. The molecule has 0 bridgehead atoms. The van der Waals surface area contributed by atoms with Gasteiger partial charge in [-0.2, -0.15) is 0 Å². The molecule has 2 rings (SSSR count). The van der Waals surface area contributed by atoms with Gasteiger partial charge in [0.05, 0.1) is 6.61 Å². The van der Waals surface area contributed by atoms with Crippen LogP contribution in [-0.4, -0.2) is 47.8 Å². The van der Waals surface area contributed by atoms with Crippen LogP contribution < -0.4 is 5.32 Å². The molecule has 17 heavy (non-hydrogen) atoms. The van der Waals surface area contributed by atoms with Crippen LogP contribution in [0, 0.1) is 5.41 Å². The number of likely N-dealkylation sites (tertiary alicyclic amines) is 1. The van der Waals surface area contributed by atoms with E-state index in [0.717, 1.165) is 19.4 Å². The normalized spacial score (nSPS) is 37.8. The highest BCUT2D eigenvalue weighted by Gasteiger charge is 2.43. The molecule has 0 spiro atoms. The van der Waals surface area contributed by atoms with E-state index in [1.807, 2.05) is 0 Å². The minimum atomic E-state index is 0.00610. The van der Waals surface area contributed by atoms with Crippen LogP contribution in [-0.2, 0) is 0 Å². The van der Waals surface area contributed by atoms with Crippen LogP contribution >= 0.6 is 0 Å². The molecule has 2 aliphatic rings. The number of aliphatic hydroxyl groups excluding tert-OH is 1. The van der Waals surface area contributed by atoms with E-state index in [1.165, 1.54) is 25.9 Å². The molecule has 1 aliphatic heterocycles. The van der Waals surface area contributed by atoms with Gasteiger partial charge in [0.1, 0.15) is 0 Å². The fraction of sp³-hybridized carbons (Fsp3) is 1.00. The van der Waals surface area contributed by atoms with Gasteiger partial charge in [0.2, 0.25) is 0 Å². The predicted molar refractivity (Wildman–Crippen MR) is 71.1 cm³/mol. The maximum absolute atomic E-state index is 9.63. The third-order valence-electron chi connectivity index (χ3n) is 4.66. The zero-order valence-corrected chi connectivity index (χ0v) is 11.6. The summed E-state index contributed by atoms with van der Waals surface area (Å²) in [6, 6.07) is 0.683. The van der Waals surface area contributed by atoms with Crippen molar-refractivity contribution in [2.24, 2.45) is 5.41 Å². The van der Waals surface area contributed by atoms with Gasteiger partial charge in [-0.1, -0.05) is 20.8 Å². The molecule has 0 amide bonds. The molecule has 1 heterocycles. The first-order valence-corrected chi connectivity index (χ1v) is 7.10. The second kappa shape index (κ2) is 4.87. The Balaban J connectivity index is 1.93. The largest absolute Gasteiger partial charge is 0.394 e. The maximum atomic E-state index is 9.63. The zero-order valence-electron chi connectivity index (χ0n) is 11.6. The molecule has 0 aromatic rings. The van der Waals surface area contributed by atoms with Crippen molar-refractivity contribution in [3.63, 3.8) is 0 Å². The van der Waals surface area contributed by atoms with Gasteiger partial charge in [-0.05, 0) is 44.2 Å². The molecule has 0 aromatic heterocycles. The predicted octanol–water partition coefficient (Wildman–Crippen LogP) is 1.61. The standard InChI is InChI=1S/C14H28N2O/c1-4-15-14(11-17)6-5-12(9-14)16-8-7-13(2,3)10-16/h12,15,17H,4-11H2,1-3H3. The smallest absolute Gasteiger partial charge is 0.0613 e. The van der Waals surface area contributed by atoms with E-state index in [4.69, 9.17) is 0 Å². The topological polar surface area (TPSA) is 35.5 Å². The van der Waals surface area contributed by atoms with Crippen molar-refractivity contribution in [3.05, 3.63) is 0 Å². The molecule has 2 fully saturated rings. The molecular formula is C14H28N2O. The molecular weight excluding hydrogens is 212 g/mol. The Morgan fingerprint density at radius 2 is 2.12 bits per heavy atom. The summed E-state index contributed by atoms with van der Waals surface area (Å²) in [6.07, 6.45) is 4.80. The van der Waals surface area contributed by atoms with Crippen molar-refractivity contribution in [2.45, 2.75) is 58.0 Å². The molecule has 1 saturated carbocycles. The van der Waals surface area contributed by atoms with E-state index < -0.39 is 0 Å². The summed E-state index contributed by atoms with van der Waals surface area (Å²) < 4.78 is 0. The van der Waals surface area contributed by atoms with Crippen molar-refractivity contribution < 1.29 is 5.11 Å². The van der Waals surface area contributed by atoms with Gasteiger partial charge in [-0.25, -0.2) is 0 Å². The van der Waals surface area contributed by atoms with E-state index in [9.17, 15) is 5.11 Å². The van der Waals surface area contributed by atoms with Crippen molar-refractivity contribution in [3.8, 4) is 0 Å². The third kappa shape index (κ3) is 2.83. The number of rotatable bonds is 4. The number of hydrogen-bond donors (Lipinski definition) is 2. The van der Waals surface area contributed by atoms with Gasteiger partial charge in [0.15, 0.2) is 0 Å². The molecule has 3 nitrogen and oxygen atoms in total. The SMILES string of the molecule is CCNC1(CO)CCC(N2CCC(C)(C)C2)C1. The Morgan fingerprint density at radius 1 is 1.35 bits per heavy atom. The fourth-order valence-electron chi connectivity index (χ4n) is 3.61. The summed E-state index contributed by atoms with van der Waals surface area (Å²) in [4.78, 5) is 2.65. The van der Waals surface area contributed by atoms with Crippen LogP contribution in [0.5, 0.6) is 0 Å². The van der Waals surface area contributed by atoms with E-state index in [0.29, 0.717) is 11.5 Å². The molecule has 0 radical (unpaired) electrons. The lowest BCUT2D eigenvalue weighted by molar-refractivity contribution is 0.149. The van der Waals surface area contributed by atoms with Crippen LogP contribution in [0.3, 0.4) is 0 Å². The molecule has 1 aliphatic carbocycles. The number of aliphatic hydroxyl groups is 1. The Labute approximate surface area is 106 Å². The molecule has 2 unspecified atom stereocenters. The summed E-state index contributed by atoms with van der Waals surface area (Å²) in [5, 5.41) is 13.1. The average Bonchev–Trinajstić information content (AvgIpc) is 2.84. The van der Waals surface area contributed by atoms with Gasteiger partial charge in [-0.3, -0.25) is 4.90 Å². The summed E-state index contributed by atoms with van der Waals surface area (Å²) in [6.45, 7) is 10.6. The highest BCUT2D eigenvalue weighted by Crippen LogP contribution is 2.38. The average molecular weight is 240 g/mol. The van der Waals surface area contributed by atoms with Crippen LogP contribution in [0.1, 0.15) is 46.5 Å². The minimum Gasteiger partial charge on any atom is -0.394 e. The quantitative estimate of drug-likeness (QED) is 0.784. The second-order valence-electron chi connectivity index (χ2n) is 6.75. The van der Waals surface area contributed by atoms with Crippen molar-refractivity contribution in [1.29, 1.82) is 0 Å². The van der Waals surface area contributed by atoms with E-state index >= 15 is 0 Å². The first-order chi connectivity index (χ1) is 8.00. The van der Waals surface area contributed by atoms with Crippen molar-refractivity contribution in [1.82, 2.24) is 10.2 Å². The number of hydrogen-bond acceptors (Lipinski definition) is 3. The lowest BCUT2D eigenvalue weighted by Crippen LogP contribution is -2.47. The van der Waals surface area contributed by atoms with E-state index in [1.54, 1.807) is 0 Å². The Morgan fingerprint density at radius 3 is 2.65 bits per heavy atom. The molecule has 100 valence electrons. The summed E-state index contributed by atoms with van der Waals surface area (Å²) in [5.74, 6) is 0. The van der Waals surface area contributed by atoms with Crippen LogP contribution in [0.2, 0.25) is 0 Å². The Hall–Kier alpha value is -0.120. The van der Waals surface area contributed by atoms with Gasteiger partial charge >= 0.3 is 0 Å². The van der Waals surface area contributed by atoms with E-state index in [2.05, 4.69) is 31.0 Å². The Bertz CT molecular complexity index is 267. The maximum Gasteiger partial charge on any atom is 0.0613 e. The highest BCUT2D eigenvalue weighted by molar-refractivity contribution is 5.01. The molecule has 1 saturated heterocycles. The number of likely N-dealkylation sites (N-methyl/N-ethyl adjacent to an activating group) is 1. The summed E-state index contributed by atoms with van der Waals surface area (Å²) in [7, 11) is 0. The van der Waals surface area contributed by atoms with Crippen molar-refractivity contribution in [2.75, 3.05) is 26.2 Å². The zero-order chi connectivity index (χ0) is 12.5. The molecule has 3 heteroatoms. The lowest BCUT2D eigenvalue weighted by atomic mass is 9.93. The first-order valence-electron chi connectivity index (χ1n) is 7.10. The van der Waals surface area contributed by atoms with Crippen LogP contribution in [0.25, 0.3) is 0 Å². The van der Waals surface area contributed by atoms with E-state index in [-0.39, 0.29) is 12.1 Å². The van der Waals surface area contributed by atoms with Gasteiger partial charge in [0.25, 0.3) is 0 Å². The lowest BCUT2D eigenvalue weighted by Gasteiger charge is -2.31. The molecule has 2 N–H and O–H groups in total. The highest BCUT2D eigenvalue weighted by atomic mass is 16.3. The fourth-order valence-corrected chi connectivity index (χ4v) is 3.61. The van der Waals surface area contributed by atoms with Gasteiger partial charge in [0, 0.05) is 18.1 Å². The third-order valence-corrected chi connectivity index (χ3v) is 4.66. The number of nitrogens with one attached hydrogen (secondary N) is 1. The summed E-state index contributed by atoms with van der Waals surface area (Å²) in [5.41, 5.74) is 0.495. The van der Waals surface area contributed by atoms with Gasteiger partial charge in [-0.15, -0.1) is 0 Å².